The highest BCUT2D eigenvalue weighted by Crippen LogP contribution is 2.30. The summed E-state index contributed by atoms with van der Waals surface area (Å²) >= 11 is 0. The van der Waals surface area contributed by atoms with E-state index >= 15 is 0 Å². The van der Waals surface area contributed by atoms with Crippen molar-refractivity contribution in [2.75, 3.05) is 40.8 Å². The van der Waals surface area contributed by atoms with E-state index in [0.717, 1.165) is 5.92 Å². The lowest BCUT2D eigenvalue weighted by Crippen LogP contribution is -2.58. The van der Waals surface area contributed by atoms with Crippen LogP contribution < -0.4 is 5.32 Å². The summed E-state index contributed by atoms with van der Waals surface area (Å²) in [5.74, 6) is 0.980. The second-order valence-corrected chi connectivity index (χ2v) is 6.09. The normalized spacial score (nSPS) is 30.9. The van der Waals surface area contributed by atoms with Gasteiger partial charge in [0.15, 0.2) is 0 Å². The molecule has 2 rings (SSSR count). The average Bonchev–Trinajstić information content (AvgIpc) is 2.82. The van der Waals surface area contributed by atoms with E-state index in [1.165, 1.54) is 51.7 Å². The minimum Gasteiger partial charge on any atom is -0.315 e. The highest BCUT2D eigenvalue weighted by Gasteiger charge is 2.31. The van der Waals surface area contributed by atoms with Crippen LogP contribution in [0.15, 0.2) is 0 Å². The van der Waals surface area contributed by atoms with Crippen LogP contribution in [0, 0.1) is 5.92 Å². The molecule has 100 valence electrons. The minimum atomic E-state index is 0.672. The van der Waals surface area contributed by atoms with Gasteiger partial charge >= 0.3 is 0 Å². The standard InChI is InChI=1S/C14H29N3/c1-15-13(10-12-6-4-5-7-12)14-11-16(2)8-9-17(14)3/h12-15H,4-11H2,1-3H3. The Bertz CT molecular complexity index is 226. The number of piperazine rings is 1. The molecule has 17 heavy (non-hydrogen) atoms. The first-order valence-corrected chi connectivity index (χ1v) is 7.26. The van der Waals surface area contributed by atoms with Gasteiger partial charge in [-0.05, 0) is 33.5 Å². The molecule has 1 N–H and O–H groups in total. The highest BCUT2D eigenvalue weighted by atomic mass is 15.3. The van der Waals surface area contributed by atoms with Gasteiger partial charge in [-0.1, -0.05) is 25.7 Å². The number of nitrogens with one attached hydrogen (secondary N) is 1. The first-order chi connectivity index (χ1) is 8.20. The van der Waals surface area contributed by atoms with E-state index in [1.807, 2.05) is 0 Å². The van der Waals surface area contributed by atoms with Gasteiger partial charge in [-0.2, -0.15) is 0 Å². The Hall–Kier alpha value is -0.120. The SMILES string of the molecule is CNC(CC1CCCC1)C1CN(C)CCN1C. The number of rotatable bonds is 4. The van der Waals surface area contributed by atoms with Crippen LogP contribution in [0.2, 0.25) is 0 Å². The Balaban J connectivity index is 1.90. The Labute approximate surface area is 107 Å². The van der Waals surface area contributed by atoms with Gasteiger partial charge in [0.2, 0.25) is 0 Å². The third-order valence-electron chi connectivity index (χ3n) is 4.80. The maximum absolute atomic E-state index is 3.58. The van der Waals surface area contributed by atoms with Crippen LogP contribution in [0.25, 0.3) is 0 Å². The molecule has 1 aliphatic heterocycles. The number of hydrogen-bond donors (Lipinski definition) is 1. The molecule has 0 amide bonds. The lowest BCUT2D eigenvalue weighted by molar-refractivity contribution is 0.0826. The van der Waals surface area contributed by atoms with Crippen molar-refractivity contribution in [3.8, 4) is 0 Å². The summed E-state index contributed by atoms with van der Waals surface area (Å²) in [5, 5.41) is 3.58. The van der Waals surface area contributed by atoms with Gasteiger partial charge in [0.1, 0.15) is 0 Å². The molecule has 0 aromatic carbocycles. The van der Waals surface area contributed by atoms with Crippen molar-refractivity contribution in [1.82, 2.24) is 15.1 Å². The molecule has 1 saturated heterocycles. The van der Waals surface area contributed by atoms with Gasteiger partial charge in [-0.15, -0.1) is 0 Å². The van der Waals surface area contributed by atoms with Crippen LogP contribution in [0.4, 0.5) is 0 Å². The second kappa shape index (κ2) is 6.17. The van der Waals surface area contributed by atoms with Crippen LogP contribution in [0.1, 0.15) is 32.1 Å². The average molecular weight is 239 g/mol. The fraction of sp³-hybridized carbons (Fsp3) is 1.00. The summed E-state index contributed by atoms with van der Waals surface area (Å²) in [6.45, 7) is 3.64. The van der Waals surface area contributed by atoms with Crippen molar-refractivity contribution in [3.63, 3.8) is 0 Å². The predicted octanol–water partition coefficient (Wildman–Crippen LogP) is 1.40. The molecule has 3 heteroatoms. The smallest absolute Gasteiger partial charge is 0.0373 e. The fourth-order valence-corrected chi connectivity index (χ4v) is 3.55. The van der Waals surface area contributed by atoms with Crippen molar-refractivity contribution in [2.45, 2.75) is 44.2 Å². The molecule has 1 aliphatic carbocycles. The van der Waals surface area contributed by atoms with Gasteiger partial charge in [0.25, 0.3) is 0 Å². The molecule has 2 aliphatic rings. The third-order valence-corrected chi connectivity index (χ3v) is 4.80. The molecule has 0 aromatic heterocycles. The molecule has 2 unspecified atom stereocenters. The van der Waals surface area contributed by atoms with E-state index in [2.05, 4.69) is 36.3 Å². The molecule has 1 heterocycles. The van der Waals surface area contributed by atoms with Gasteiger partial charge in [-0.25, -0.2) is 0 Å². The molecule has 3 nitrogen and oxygen atoms in total. The van der Waals surface area contributed by atoms with E-state index in [4.69, 9.17) is 0 Å². The van der Waals surface area contributed by atoms with E-state index in [1.54, 1.807) is 0 Å². The zero-order valence-corrected chi connectivity index (χ0v) is 11.8. The molecule has 0 aromatic rings. The molecule has 0 spiro atoms. The Morgan fingerprint density at radius 2 is 1.88 bits per heavy atom. The minimum absolute atomic E-state index is 0.672. The quantitative estimate of drug-likeness (QED) is 0.800. The number of likely N-dealkylation sites (N-methyl/N-ethyl adjacent to an activating group) is 3. The summed E-state index contributed by atoms with van der Waals surface area (Å²) in [6, 6.07) is 1.37. The molecule has 2 fully saturated rings. The lowest BCUT2D eigenvalue weighted by Gasteiger charge is -2.42. The summed E-state index contributed by atoms with van der Waals surface area (Å²) in [5.41, 5.74) is 0. The van der Waals surface area contributed by atoms with Gasteiger partial charge < -0.3 is 10.2 Å². The van der Waals surface area contributed by atoms with Crippen LogP contribution >= 0.6 is 0 Å². The van der Waals surface area contributed by atoms with Crippen molar-refractivity contribution in [1.29, 1.82) is 0 Å². The predicted molar refractivity (Wildman–Crippen MR) is 73.3 cm³/mol. The topological polar surface area (TPSA) is 18.5 Å². The highest BCUT2D eigenvalue weighted by molar-refractivity contribution is 4.90. The number of nitrogens with zero attached hydrogens (tertiary/aromatic N) is 2. The summed E-state index contributed by atoms with van der Waals surface area (Å²) in [7, 11) is 6.68. The van der Waals surface area contributed by atoms with Crippen molar-refractivity contribution >= 4 is 0 Å². The summed E-state index contributed by atoms with van der Waals surface area (Å²) < 4.78 is 0. The first kappa shape index (κ1) is 13.3. The van der Waals surface area contributed by atoms with Crippen LogP contribution in [-0.4, -0.2) is 62.7 Å². The third kappa shape index (κ3) is 3.43. The molecule has 1 saturated carbocycles. The maximum Gasteiger partial charge on any atom is 0.0373 e. The molecular weight excluding hydrogens is 210 g/mol. The first-order valence-electron chi connectivity index (χ1n) is 7.26. The van der Waals surface area contributed by atoms with Crippen molar-refractivity contribution in [2.24, 2.45) is 5.92 Å². The van der Waals surface area contributed by atoms with Crippen LogP contribution in [-0.2, 0) is 0 Å². The Kier molecular flexibility index (Phi) is 4.83. The van der Waals surface area contributed by atoms with E-state index < -0.39 is 0 Å². The number of hydrogen-bond acceptors (Lipinski definition) is 3. The van der Waals surface area contributed by atoms with Crippen LogP contribution in [0.5, 0.6) is 0 Å². The fourth-order valence-electron chi connectivity index (χ4n) is 3.55. The zero-order valence-electron chi connectivity index (χ0n) is 11.8. The van der Waals surface area contributed by atoms with E-state index in [0.29, 0.717) is 12.1 Å². The largest absolute Gasteiger partial charge is 0.315 e. The lowest BCUT2D eigenvalue weighted by atomic mass is 9.92. The summed E-state index contributed by atoms with van der Waals surface area (Å²) in [4.78, 5) is 5.03. The second-order valence-electron chi connectivity index (χ2n) is 6.09. The monoisotopic (exact) mass is 239 g/mol. The zero-order chi connectivity index (χ0) is 12.3. The maximum atomic E-state index is 3.58. The van der Waals surface area contributed by atoms with Gasteiger partial charge in [0.05, 0.1) is 0 Å². The van der Waals surface area contributed by atoms with Crippen molar-refractivity contribution in [3.05, 3.63) is 0 Å². The Morgan fingerprint density at radius 1 is 1.18 bits per heavy atom. The Morgan fingerprint density at radius 3 is 2.53 bits per heavy atom. The van der Waals surface area contributed by atoms with E-state index in [-0.39, 0.29) is 0 Å². The summed E-state index contributed by atoms with van der Waals surface area (Å²) in [6.07, 6.45) is 7.22. The van der Waals surface area contributed by atoms with E-state index in [9.17, 15) is 0 Å². The molecule has 0 radical (unpaired) electrons. The molecule has 2 atom stereocenters. The van der Waals surface area contributed by atoms with Gasteiger partial charge in [-0.3, -0.25) is 4.90 Å². The molecule has 0 bridgehead atoms. The van der Waals surface area contributed by atoms with Crippen LogP contribution in [0.3, 0.4) is 0 Å². The van der Waals surface area contributed by atoms with Gasteiger partial charge in [0, 0.05) is 31.7 Å². The molecular formula is C14H29N3. The van der Waals surface area contributed by atoms with Crippen molar-refractivity contribution < 1.29 is 0 Å².